The minimum atomic E-state index is 0.0136. The average Bonchev–Trinajstić information content (AvgIpc) is 2.98. The van der Waals surface area contributed by atoms with Gasteiger partial charge < -0.3 is 5.32 Å². The highest BCUT2D eigenvalue weighted by atomic mass is 32.2. The number of hydrogen-bond acceptors (Lipinski definition) is 3. The molecule has 1 N–H and O–H groups in total. The zero-order valence-electron chi connectivity index (χ0n) is 14.7. The highest BCUT2D eigenvalue weighted by Gasteiger charge is 2.26. The molecule has 25 heavy (non-hydrogen) atoms. The van der Waals surface area contributed by atoms with Crippen molar-refractivity contribution in [2.45, 2.75) is 45.3 Å². The van der Waals surface area contributed by atoms with Gasteiger partial charge in [-0.15, -0.1) is 23.1 Å². The molecule has 0 saturated heterocycles. The molecule has 4 heteroatoms. The van der Waals surface area contributed by atoms with Crippen molar-refractivity contribution in [3.63, 3.8) is 0 Å². The second-order valence-corrected chi connectivity index (χ2v) is 9.15. The van der Waals surface area contributed by atoms with Crippen LogP contribution in [0.5, 0.6) is 0 Å². The smallest absolute Gasteiger partial charge is 0.262 e. The van der Waals surface area contributed by atoms with E-state index in [-0.39, 0.29) is 5.91 Å². The van der Waals surface area contributed by atoms with Crippen LogP contribution >= 0.6 is 23.1 Å². The first kappa shape index (κ1) is 16.9. The number of rotatable bonds is 3. The van der Waals surface area contributed by atoms with Gasteiger partial charge in [-0.25, -0.2) is 0 Å². The average molecular weight is 370 g/mol. The van der Waals surface area contributed by atoms with E-state index in [1.165, 1.54) is 35.3 Å². The second-order valence-electron chi connectivity index (χ2n) is 7.00. The van der Waals surface area contributed by atoms with E-state index in [0.29, 0.717) is 0 Å². The molecule has 0 saturated carbocycles. The van der Waals surface area contributed by atoms with Crippen LogP contribution < -0.4 is 5.32 Å². The molecule has 0 spiro atoms. The van der Waals surface area contributed by atoms with Crippen molar-refractivity contribution in [2.24, 2.45) is 5.92 Å². The Kier molecular flexibility index (Phi) is 4.74. The van der Waals surface area contributed by atoms with Gasteiger partial charge in [0, 0.05) is 21.2 Å². The van der Waals surface area contributed by atoms with E-state index >= 15 is 0 Å². The Balaban J connectivity index is 1.53. The number of hydrogen-bond donors (Lipinski definition) is 1. The van der Waals surface area contributed by atoms with Gasteiger partial charge in [0.05, 0.1) is 4.91 Å². The van der Waals surface area contributed by atoms with Gasteiger partial charge in [0.25, 0.3) is 5.91 Å². The lowest BCUT2D eigenvalue weighted by molar-refractivity contribution is -0.112. The zero-order chi connectivity index (χ0) is 17.4. The minimum absolute atomic E-state index is 0.0136. The highest BCUT2D eigenvalue weighted by Crippen LogP contribution is 2.43. The largest absolute Gasteiger partial charge is 0.322 e. The Morgan fingerprint density at radius 1 is 1.24 bits per heavy atom. The number of anilines is 1. The maximum Gasteiger partial charge on any atom is 0.262 e. The fourth-order valence-corrected chi connectivity index (χ4v) is 6.23. The van der Waals surface area contributed by atoms with Gasteiger partial charge in [-0.05, 0) is 66.5 Å². The van der Waals surface area contributed by atoms with E-state index in [1.54, 1.807) is 22.2 Å². The maximum atomic E-state index is 12.6. The van der Waals surface area contributed by atoms with E-state index in [0.717, 1.165) is 28.7 Å². The number of aryl methyl sites for hydroxylation is 1. The van der Waals surface area contributed by atoms with E-state index in [2.05, 4.69) is 37.4 Å². The summed E-state index contributed by atoms with van der Waals surface area (Å²) in [5.74, 6) is 1.74. The number of thioether (sulfide) groups is 1. The summed E-state index contributed by atoms with van der Waals surface area (Å²) >= 11 is 3.58. The molecule has 1 atom stereocenters. The Bertz CT molecular complexity index is 832. The topological polar surface area (TPSA) is 29.1 Å². The molecule has 2 aromatic rings. The van der Waals surface area contributed by atoms with Crippen molar-refractivity contribution in [2.75, 3.05) is 5.32 Å². The maximum absolute atomic E-state index is 12.6. The summed E-state index contributed by atoms with van der Waals surface area (Å²) in [4.78, 5) is 16.3. The molecule has 1 amide bonds. The third-order valence-corrected chi connectivity index (χ3v) is 7.42. The Hall–Kier alpha value is -1.52. The van der Waals surface area contributed by atoms with Crippen molar-refractivity contribution >= 4 is 40.8 Å². The van der Waals surface area contributed by atoms with Crippen LogP contribution in [0, 0.1) is 5.92 Å². The van der Waals surface area contributed by atoms with Crippen molar-refractivity contribution in [3.05, 3.63) is 55.6 Å². The summed E-state index contributed by atoms with van der Waals surface area (Å²) in [5, 5.41) is 3.04. The quantitative estimate of drug-likeness (QED) is 0.756. The number of amides is 1. The number of fused-ring (bicyclic) bond motifs is 3. The molecule has 1 aliphatic carbocycles. The van der Waals surface area contributed by atoms with Crippen molar-refractivity contribution in [3.8, 4) is 0 Å². The molecule has 1 unspecified atom stereocenters. The first-order valence-corrected chi connectivity index (χ1v) is 10.8. The predicted molar refractivity (Wildman–Crippen MR) is 109 cm³/mol. The monoisotopic (exact) mass is 369 g/mol. The van der Waals surface area contributed by atoms with Crippen molar-refractivity contribution in [1.82, 2.24) is 0 Å². The van der Waals surface area contributed by atoms with Gasteiger partial charge in [-0.2, -0.15) is 0 Å². The SMILES string of the molecule is CCc1ccc(NC(=O)C2=Cc3sc4c(c3CS2)CCC(C)C4)cc1. The summed E-state index contributed by atoms with van der Waals surface area (Å²) < 4.78 is 0. The number of nitrogens with one attached hydrogen (secondary N) is 1. The molecule has 2 nitrogen and oxygen atoms in total. The third kappa shape index (κ3) is 3.42. The summed E-state index contributed by atoms with van der Waals surface area (Å²) in [6.07, 6.45) is 6.83. The van der Waals surface area contributed by atoms with Crippen LogP contribution in [0.3, 0.4) is 0 Å². The Labute approximate surface area is 157 Å². The molecule has 0 bridgehead atoms. The lowest BCUT2D eigenvalue weighted by atomic mass is 9.88. The first-order valence-electron chi connectivity index (χ1n) is 9.02. The first-order chi connectivity index (χ1) is 12.1. The summed E-state index contributed by atoms with van der Waals surface area (Å²) in [5.41, 5.74) is 5.22. The lowest BCUT2D eigenvalue weighted by Gasteiger charge is -2.20. The number of carbonyl (C=O) groups excluding carboxylic acids is 1. The number of thiophene rings is 1. The molecule has 2 aliphatic rings. The van der Waals surface area contributed by atoms with E-state index in [4.69, 9.17) is 0 Å². The molecular weight excluding hydrogens is 346 g/mol. The van der Waals surface area contributed by atoms with Crippen LogP contribution in [0.2, 0.25) is 0 Å². The van der Waals surface area contributed by atoms with Crippen LogP contribution in [0.4, 0.5) is 5.69 Å². The highest BCUT2D eigenvalue weighted by molar-refractivity contribution is 8.03. The minimum Gasteiger partial charge on any atom is -0.322 e. The summed E-state index contributed by atoms with van der Waals surface area (Å²) in [6.45, 7) is 4.48. The van der Waals surface area contributed by atoms with E-state index < -0.39 is 0 Å². The van der Waals surface area contributed by atoms with E-state index in [1.807, 2.05) is 23.5 Å². The number of carbonyl (C=O) groups is 1. The zero-order valence-corrected chi connectivity index (χ0v) is 16.4. The number of benzene rings is 1. The molecule has 130 valence electrons. The van der Waals surface area contributed by atoms with Crippen LogP contribution in [0.15, 0.2) is 29.2 Å². The van der Waals surface area contributed by atoms with Crippen molar-refractivity contribution in [1.29, 1.82) is 0 Å². The summed E-state index contributed by atoms with van der Waals surface area (Å²) in [6, 6.07) is 8.12. The molecule has 1 aliphatic heterocycles. The van der Waals surface area contributed by atoms with Gasteiger partial charge in [0.2, 0.25) is 0 Å². The standard InChI is InChI=1S/C21H23NOS2/c1-3-14-5-7-15(8-6-14)22-21(23)20-11-19-17(12-24-20)16-9-4-13(2)10-18(16)25-19/h5-8,11,13H,3-4,9-10,12H2,1-2H3,(H,22,23). The van der Waals surface area contributed by atoms with Crippen LogP contribution in [0.25, 0.3) is 6.08 Å². The van der Waals surface area contributed by atoms with E-state index in [9.17, 15) is 4.79 Å². The third-order valence-electron chi connectivity index (χ3n) is 5.13. The van der Waals surface area contributed by atoms with Crippen molar-refractivity contribution < 1.29 is 4.79 Å². The molecular formula is C21H23NOS2. The predicted octanol–water partition coefficient (Wildman–Crippen LogP) is 5.66. The van der Waals surface area contributed by atoms with Gasteiger partial charge in [0.15, 0.2) is 0 Å². The van der Waals surface area contributed by atoms with Crippen LogP contribution in [-0.4, -0.2) is 5.91 Å². The molecule has 1 aromatic carbocycles. The normalized spacial score (nSPS) is 19.0. The molecule has 4 rings (SSSR count). The summed E-state index contributed by atoms with van der Waals surface area (Å²) in [7, 11) is 0. The van der Waals surface area contributed by atoms with Gasteiger partial charge in [-0.3, -0.25) is 4.79 Å². The van der Waals surface area contributed by atoms with Crippen LogP contribution in [0.1, 0.15) is 46.7 Å². The van der Waals surface area contributed by atoms with Gasteiger partial charge >= 0.3 is 0 Å². The van der Waals surface area contributed by atoms with Gasteiger partial charge in [-0.1, -0.05) is 26.0 Å². The fourth-order valence-electron chi connectivity index (χ4n) is 3.57. The van der Waals surface area contributed by atoms with Gasteiger partial charge in [0.1, 0.15) is 0 Å². The van der Waals surface area contributed by atoms with Crippen LogP contribution in [-0.2, 0) is 29.8 Å². The fraction of sp³-hybridized carbons (Fsp3) is 0.381. The molecule has 1 aromatic heterocycles. The second kappa shape index (κ2) is 7.00. The Morgan fingerprint density at radius 3 is 2.80 bits per heavy atom. The molecule has 0 radical (unpaired) electrons. The molecule has 0 fully saturated rings. The Morgan fingerprint density at radius 2 is 2.04 bits per heavy atom. The lowest BCUT2D eigenvalue weighted by Crippen LogP contribution is -2.14. The molecule has 2 heterocycles.